The van der Waals surface area contributed by atoms with E-state index in [2.05, 4.69) is 15.3 Å². The molecule has 0 saturated heterocycles. The Morgan fingerprint density at radius 2 is 1.83 bits per heavy atom. The summed E-state index contributed by atoms with van der Waals surface area (Å²) in [5.41, 5.74) is 8.57. The summed E-state index contributed by atoms with van der Waals surface area (Å²) in [5.74, 6) is 1.78. The maximum atomic E-state index is 12.9. The van der Waals surface area contributed by atoms with Crippen LogP contribution in [-0.4, -0.2) is 51.9 Å². The molecule has 0 aliphatic heterocycles. The van der Waals surface area contributed by atoms with E-state index in [9.17, 15) is 4.79 Å². The number of ether oxygens (including phenoxy) is 1. The first-order valence-electron chi connectivity index (χ1n) is 11.7. The van der Waals surface area contributed by atoms with Gasteiger partial charge in [-0.15, -0.1) is 0 Å². The number of aliphatic hydroxyl groups excluding tert-OH is 1. The Bertz CT molecular complexity index is 1260. The molecule has 35 heavy (non-hydrogen) atoms. The number of aromatic nitrogens is 3. The molecule has 1 amide bonds. The minimum Gasteiger partial charge on any atom is -0.457 e. The largest absolute Gasteiger partial charge is 0.457 e. The van der Waals surface area contributed by atoms with Crippen LogP contribution < -0.4 is 20.8 Å². The first kappa shape index (κ1) is 24.2. The summed E-state index contributed by atoms with van der Waals surface area (Å²) in [6, 6.07) is 17.3. The summed E-state index contributed by atoms with van der Waals surface area (Å²) in [5, 5.41) is 14.6. The molecule has 0 unspecified atom stereocenters. The van der Waals surface area contributed by atoms with E-state index in [0.717, 1.165) is 16.9 Å². The lowest BCUT2D eigenvalue weighted by Crippen LogP contribution is -2.44. The fourth-order valence-corrected chi connectivity index (χ4v) is 3.85. The van der Waals surface area contributed by atoms with Gasteiger partial charge in [-0.05, 0) is 42.8 Å². The Hall–Kier alpha value is -3.95. The summed E-state index contributed by atoms with van der Waals surface area (Å²) >= 11 is 0. The molecule has 0 aliphatic carbocycles. The van der Waals surface area contributed by atoms with Gasteiger partial charge in [0.15, 0.2) is 5.65 Å². The number of para-hydroxylation sites is 1. The van der Waals surface area contributed by atoms with E-state index in [1.807, 2.05) is 67.7 Å². The molecule has 0 saturated carbocycles. The van der Waals surface area contributed by atoms with Crippen LogP contribution in [0, 0.1) is 0 Å². The zero-order valence-electron chi connectivity index (χ0n) is 19.7. The van der Waals surface area contributed by atoms with Crippen LogP contribution in [-0.2, 0) is 4.79 Å². The second-order valence-corrected chi connectivity index (χ2v) is 7.98. The number of nitrogens with one attached hydrogen (secondary N) is 1. The van der Waals surface area contributed by atoms with Gasteiger partial charge in [0.05, 0.1) is 11.9 Å². The molecule has 2 aromatic heterocycles. The van der Waals surface area contributed by atoms with Gasteiger partial charge in [0.25, 0.3) is 0 Å². The summed E-state index contributed by atoms with van der Waals surface area (Å²) in [7, 11) is 0. The fourth-order valence-electron chi connectivity index (χ4n) is 3.85. The van der Waals surface area contributed by atoms with E-state index in [-0.39, 0.29) is 12.5 Å². The number of nitrogens with two attached hydrogens (primary N) is 1. The molecule has 9 nitrogen and oxygen atoms in total. The van der Waals surface area contributed by atoms with Crippen molar-refractivity contribution in [2.75, 3.05) is 37.0 Å². The van der Waals surface area contributed by atoms with Crippen LogP contribution in [0.2, 0.25) is 0 Å². The summed E-state index contributed by atoms with van der Waals surface area (Å²) in [6.45, 7) is 3.65. The molecule has 0 fully saturated rings. The summed E-state index contributed by atoms with van der Waals surface area (Å²) < 4.78 is 7.67. The van der Waals surface area contributed by atoms with Crippen molar-refractivity contribution >= 4 is 22.8 Å². The van der Waals surface area contributed by atoms with Gasteiger partial charge >= 0.3 is 0 Å². The van der Waals surface area contributed by atoms with Gasteiger partial charge in [-0.25, -0.2) is 19.7 Å². The summed E-state index contributed by atoms with van der Waals surface area (Å²) in [6.07, 6.45) is 4.29. The quantitative estimate of drug-likeness (QED) is 0.285. The zero-order valence-corrected chi connectivity index (χ0v) is 19.7. The molecule has 2 heterocycles. The summed E-state index contributed by atoms with van der Waals surface area (Å²) in [4.78, 5) is 21.5. The van der Waals surface area contributed by atoms with Gasteiger partial charge in [-0.2, -0.15) is 0 Å². The molecule has 0 radical (unpaired) electrons. The molecule has 0 bridgehead atoms. The number of rotatable bonds is 11. The Morgan fingerprint density at radius 1 is 1.09 bits per heavy atom. The molecular weight excluding hydrogens is 444 g/mol. The van der Waals surface area contributed by atoms with Crippen molar-refractivity contribution in [1.29, 1.82) is 0 Å². The van der Waals surface area contributed by atoms with Crippen molar-refractivity contribution < 1.29 is 14.6 Å². The molecule has 2 aromatic carbocycles. The smallest absolute Gasteiger partial charge is 0.241 e. The van der Waals surface area contributed by atoms with Crippen LogP contribution in [0.3, 0.4) is 0 Å². The van der Waals surface area contributed by atoms with E-state index >= 15 is 0 Å². The highest BCUT2D eigenvalue weighted by atomic mass is 16.5. The predicted octanol–water partition coefficient (Wildman–Crippen LogP) is 3.32. The van der Waals surface area contributed by atoms with E-state index in [1.54, 1.807) is 9.69 Å². The topological polar surface area (TPSA) is 119 Å². The van der Waals surface area contributed by atoms with E-state index in [1.165, 1.54) is 6.33 Å². The van der Waals surface area contributed by atoms with Crippen molar-refractivity contribution in [3.63, 3.8) is 0 Å². The molecule has 9 heteroatoms. The van der Waals surface area contributed by atoms with E-state index < -0.39 is 0 Å². The molecule has 4 N–H and O–H groups in total. The molecule has 0 aliphatic rings. The number of nitrogens with zero attached hydrogens (tertiary/aromatic N) is 4. The second-order valence-electron chi connectivity index (χ2n) is 7.98. The lowest BCUT2D eigenvalue weighted by Gasteiger charge is -2.24. The molecular formula is C26H30N6O3. The highest BCUT2D eigenvalue weighted by molar-refractivity contribution is 6.02. The number of nitrogen functional groups attached to an aromatic ring is 1. The van der Waals surface area contributed by atoms with Crippen LogP contribution in [0.4, 0.5) is 5.82 Å². The number of carbonyl (C=O) groups excluding carboxylic acids is 1. The fraction of sp³-hybridized carbons (Fsp3) is 0.269. The zero-order chi connectivity index (χ0) is 24.6. The van der Waals surface area contributed by atoms with Crippen molar-refractivity contribution in [3.05, 3.63) is 67.1 Å². The third-order valence-electron chi connectivity index (χ3n) is 5.60. The maximum absolute atomic E-state index is 12.9. The Kier molecular flexibility index (Phi) is 7.92. The van der Waals surface area contributed by atoms with Gasteiger partial charge in [-0.1, -0.05) is 37.3 Å². The van der Waals surface area contributed by atoms with Gasteiger partial charge in [0.1, 0.15) is 23.6 Å². The number of anilines is 1. The highest BCUT2D eigenvalue weighted by Crippen LogP contribution is 2.34. The molecule has 0 spiro atoms. The van der Waals surface area contributed by atoms with Gasteiger partial charge in [0, 0.05) is 31.3 Å². The van der Waals surface area contributed by atoms with E-state index in [4.69, 9.17) is 15.6 Å². The number of fused-ring (bicyclic) bond motifs is 1. The standard InChI is InChI=1S/C26H30N6O3/c1-2-23(34)31(15-14-28-13-6-16-33)32-17-22(24-25(27)29-18-30-26(24)32)19-9-11-21(12-10-19)35-20-7-4-3-5-8-20/h3-5,7-12,17-18,28,33H,2,6,13-16H2,1H3,(H2,27,29,30). The van der Waals surface area contributed by atoms with Gasteiger partial charge < -0.3 is 20.9 Å². The van der Waals surface area contributed by atoms with Crippen LogP contribution >= 0.6 is 0 Å². The Morgan fingerprint density at radius 3 is 2.54 bits per heavy atom. The van der Waals surface area contributed by atoms with Crippen molar-refractivity contribution in [2.45, 2.75) is 19.8 Å². The molecule has 4 aromatic rings. The van der Waals surface area contributed by atoms with Crippen LogP contribution in [0.5, 0.6) is 11.5 Å². The first-order valence-corrected chi connectivity index (χ1v) is 11.7. The van der Waals surface area contributed by atoms with Crippen molar-refractivity contribution in [1.82, 2.24) is 20.0 Å². The highest BCUT2D eigenvalue weighted by Gasteiger charge is 2.21. The van der Waals surface area contributed by atoms with Crippen molar-refractivity contribution in [3.8, 4) is 22.6 Å². The molecule has 4 rings (SSSR count). The van der Waals surface area contributed by atoms with Gasteiger partial charge in [-0.3, -0.25) is 4.79 Å². The minimum absolute atomic E-state index is 0.0406. The second kappa shape index (κ2) is 11.5. The Balaban J connectivity index is 1.67. The third-order valence-corrected chi connectivity index (χ3v) is 5.60. The number of hydrogen-bond donors (Lipinski definition) is 3. The lowest BCUT2D eigenvalue weighted by atomic mass is 10.1. The number of amides is 1. The SMILES string of the molecule is CCC(=O)N(CCNCCCO)n1cc(-c2ccc(Oc3ccccc3)cc2)c2c(N)ncnc21. The number of aliphatic hydroxyl groups is 1. The van der Waals surface area contributed by atoms with Crippen LogP contribution in [0.25, 0.3) is 22.2 Å². The molecule has 182 valence electrons. The van der Waals surface area contributed by atoms with Crippen molar-refractivity contribution in [2.24, 2.45) is 0 Å². The normalized spacial score (nSPS) is 11.0. The third kappa shape index (κ3) is 5.59. The molecule has 0 atom stereocenters. The monoisotopic (exact) mass is 474 g/mol. The number of hydrogen-bond acceptors (Lipinski definition) is 7. The van der Waals surface area contributed by atoms with Crippen LogP contribution in [0.1, 0.15) is 19.8 Å². The number of benzene rings is 2. The predicted molar refractivity (Wildman–Crippen MR) is 137 cm³/mol. The van der Waals surface area contributed by atoms with Crippen LogP contribution in [0.15, 0.2) is 67.1 Å². The number of carbonyl (C=O) groups is 1. The minimum atomic E-state index is -0.0406. The average molecular weight is 475 g/mol. The average Bonchev–Trinajstić information content (AvgIpc) is 3.27. The maximum Gasteiger partial charge on any atom is 0.241 e. The Labute approximate surface area is 204 Å². The van der Waals surface area contributed by atoms with Gasteiger partial charge in [0.2, 0.25) is 5.91 Å². The lowest BCUT2D eigenvalue weighted by molar-refractivity contribution is -0.119. The van der Waals surface area contributed by atoms with E-state index in [0.29, 0.717) is 55.1 Å². The first-order chi connectivity index (χ1) is 17.1.